The Kier molecular flexibility index (Phi) is 17.0. The second kappa shape index (κ2) is 20.3. The maximum Gasteiger partial charge on any atom is 0.187 e. The van der Waals surface area contributed by atoms with Gasteiger partial charge in [-0.2, -0.15) is 0 Å². The van der Waals surface area contributed by atoms with Gasteiger partial charge in [-0.3, -0.25) is 9.59 Å². The summed E-state index contributed by atoms with van der Waals surface area (Å²) in [5, 5.41) is 24.8. The van der Waals surface area contributed by atoms with Crippen LogP contribution in [0.5, 0.6) is 0 Å². The fourth-order valence-electron chi connectivity index (χ4n) is 7.63. The van der Waals surface area contributed by atoms with Crippen LogP contribution in [0.1, 0.15) is 68.2 Å². The van der Waals surface area contributed by atoms with Gasteiger partial charge in [0.05, 0.1) is 6.16 Å². The van der Waals surface area contributed by atoms with Crippen LogP contribution in [0.3, 0.4) is 0 Å². The van der Waals surface area contributed by atoms with Crippen molar-refractivity contribution in [2.75, 3.05) is 11.5 Å². The highest BCUT2D eigenvalue weighted by atomic mass is 79.9. The van der Waals surface area contributed by atoms with E-state index in [1.807, 2.05) is 26.0 Å². The molecule has 3 aromatic rings. The fourth-order valence-corrected chi connectivity index (χ4v) is 12.3. The number of benzene rings is 3. The number of halogens is 2. The molecule has 55 heavy (non-hydrogen) atoms. The Morgan fingerprint density at radius 1 is 0.655 bits per heavy atom. The van der Waals surface area contributed by atoms with Crippen molar-refractivity contribution in [2.24, 2.45) is 10.8 Å². The van der Waals surface area contributed by atoms with Gasteiger partial charge < -0.3 is 27.2 Å². The van der Waals surface area contributed by atoms with Crippen LogP contribution in [-0.2, 0) is 9.59 Å². The smallest absolute Gasteiger partial charge is 0.187 e. The summed E-state index contributed by atoms with van der Waals surface area (Å²) >= 11 is 3.36. The molecule has 3 aromatic carbocycles. The molecule has 2 N–H and O–H groups in total. The van der Waals surface area contributed by atoms with Gasteiger partial charge in [-0.05, 0) is 116 Å². The lowest BCUT2D eigenvalue weighted by Gasteiger charge is -2.34. The second-order valence-electron chi connectivity index (χ2n) is 15.7. The van der Waals surface area contributed by atoms with E-state index in [-0.39, 0.29) is 39.4 Å². The highest BCUT2D eigenvalue weighted by molar-refractivity contribution is 9.09. The van der Waals surface area contributed by atoms with E-state index in [0.717, 1.165) is 33.8 Å². The molecule has 7 heteroatoms. The zero-order chi connectivity index (χ0) is 39.7. The molecule has 0 aliphatic heterocycles. The first-order valence-corrected chi connectivity index (χ1v) is 21.8. The number of ketones is 2. The molecule has 292 valence electrons. The van der Waals surface area contributed by atoms with Crippen molar-refractivity contribution in [2.45, 2.75) is 80.4 Å². The topological polar surface area (TPSA) is 74.6 Å². The first kappa shape index (κ1) is 46.1. The maximum atomic E-state index is 12.4. The molecule has 0 bridgehead atoms. The van der Waals surface area contributed by atoms with E-state index in [9.17, 15) is 19.8 Å². The molecule has 0 spiro atoms. The summed E-state index contributed by atoms with van der Waals surface area (Å²) in [7, 11) is -1.93. The summed E-state index contributed by atoms with van der Waals surface area (Å²) in [6, 6.07) is 32.7. The molecule has 5 rings (SSSR count). The molecule has 2 aliphatic carbocycles. The summed E-state index contributed by atoms with van der Waals surface area (Å²) in [6.07, 6.45) is 12.7. The molecule has 4 nitrogen and oxygen atoms in total. The largest absolute Gasteiger partial charge is 1.00 e. The molecule has 0 aromatic heterocycles. The Balaban J connectivity index is 0.000000362. The number of aliphatic hydroxyl groups is 2. The number of carbonyl (C=O) groups excluding carboxylic acids is 2. The van der Waals surface area contributed by atoms with Gasteiger partial charge in [0, 0.05) is 5.33 Å². The molecule has 2 unspecified atom stereocenters. The average molecular weight is 889 g/mol. The Hall–Kier alpha value is -3.25. The van der Waals surface area contributed by atoms with E-state index in [1.54, 1.807) is 6.92 Å². The second-order valence-corrected chi connectivity index (χ2v) is 19.9. The van der Waals surface area contributed by atoms with E-state index < -0.39 is 19.5 Å². The molecule has 0 fully saturated rings. The van der Waals surface area contributed by atoms with E-state index in [1.165, 1.54) is 15.9 Å². The molecule has 0 saturated heterocycles. The standard InChI is InChI=1S/C33H36O2P.C15H21BrO2.BrH/c1-25(20-21-30-26(2)32(35)31(34)24-33(30,3)4)22-23-36(27-14-8-5-9-15-27,28-16-10-6-11-17-28)29-18-12-7-13-19-29;1-10(7-8-16)5-6-12-11(2)14(18)13(17)9-15(12,3)4;/h5-22,31,34H,23-24H2,1-4H3;5-7,13,17H,8-9H2,1-4H3;1H/q+1;;/p-1/b21-20+,25-22+;6-5+,10-7+;. The molecular formula is C48H57Br2O4P. The zero-order valence-electron chi connectivity index (χ0n) is 33.5. The number of allylic oxidation sites excluding steroid dienone is 10. The number of alkyl halides is 1. The number of hydrogen-bond acceptors (Lipinski definition) is 4. The Labute approximate surface area is 349 Å². The summed E-state index contributed by atoms with van der Waals surface area (Å²) in [6.45, 7) is 16.1. The number of rotatable bonds is 10. The third kappa shape index (κ3) is 11.2. The third-order valence-corrected chi connectivity index (χ3v) is 15.3. The number of Topliss-reactive ketones (excluding diaryl/α,β-unsaturated/α-hetero) is 2. The van der Waals surface area contributed by atoms with Gasteiger partial charge in [-0.25, -0.2) is 0 Å². The molecule has 0 saturated carbocycles. The van der Waals surface area contributed by atoms with Crippen LogP contribution < -0.4 is 32.9 Å². The van der Waals surface area contributed by atoms with Crippen LogP contribution in [0.25, 0.3) is 0 Å². The number of carbonyl (C=O) groups is 2. The van der Waals surface area contributed by atoms with Gasteiger partial charge >= 0.3 is 0 Å². The third-order valence-electron chi connectivity index (χ3n) is 10.7. The van der Waals surface area contributed by atoms with Crippen LogP contribution in [0.15, 0.2) is 161 Å². The SMILES string of the molecule is CC1=C(/C=C/C(C)=C/CBr)C(C)(C)CC(O)C1=O.CC1=C(/C=C/C(C)=C/C[P+](c2ccccc2)(c2ccccc2)c2ccccc2)C(C)(C)CC(O)C1=O.[Br-]. The minimum atomic E-state index is -1.93. The summed E-state index contributed by atoms with van der Waals surface area (Å²) in [5.41, 5.74) is 5.30. The van der Waals surface area contributed by atoms with Gasteiger partial charge in [-0.15, -0.1) is 0 Å². The predicted molar refractivity (Wildman–Crippen MR) is 234 cm³/mol. The number of hydrogen-bond donors (Lipinski definition) is 2. The van der Waals surface area contributed by atoms with Gasteiger partial charge in [0.2, 0.25) is 0 Å². The quantitative estimate of drug-likeness (QED) is 0.135. The molecular weight excluding hydrogens is 831 g/mol. The van der Waals surface area contributed by atoms with E-state index in [4.69, 9.17) is 0 Å². The molecule has 0 heterocycles. The van der Waals surface area contributed by atoms with Crippen LogP contribution in [0.2, 0.25) is 0 Å². The van der Waals surface area contributed by atoms with Crippen molar-refractivity contribution in [1.82, 2.24) is 0 Å². The van der Waals surface area contributed by atoms with Crippen molar-refractivity contribution in [1.29, 1.82) is 0 Å². The summed E-state index contributed by atoms with van der Waals surface area (Å²) in [4.78, 5) is 24.3. The average Bonchev–Trinajstić information content (AvgIpc) is 3.14. The van der Waals surface area contributed by atoms with Crippen molar-refractivity contribution in [3.05, 3.63) is 161 Å². The lowest BCUT2D eigenvalue weighted by atomic mass is 9.71. The molecule has 2 atom stereocenters. The Morgan fingerprint density at radius 3 is 1.31 bits per heavy atom. The highest BCUT2D eigenvalue weighted by Crippen LogP contribution is 2.55. The highest BCUT2D eigenvalue weighted by Gasteiger charge is 2.44. The summed E-state index contributed by atoms with van der Waals surface area (Å²) < 4.78 is 0. The lowest BCUT2D eigenvalue weighted by Crippen LogP contribution is -3.00. The molecule has 0 amide bonds. The lowest BCUT2D eigenvalue weighted by molar-refractivity contribution is -0.126. The zero-order valence-corrected chi connectivity index (χ0v) is 37.6. The van der Waals surface area contributed by atoms with Crippen LogP contribution >= 0.6 is 23.2 Å². The first-order chi connectivity index (χ1) is 25.5. The van der Waals surface area contributed by atoms with E-state index >= 15 is 0 Å². The minimum absolute atomic E-state index is 0. The van der Waals surface area contributed by atoms with Gasteiger partial charge in [0.25, 0.3) is 0 Å². The first-order valence-electron chi connectivity index (χ1n) is 18.7. The Bertz CT molecular complexity index is 1870. The minimum Gasteiger partial charge on any atom is -1.00 e. The monoisotopic (exact) mass is 886 g/mol. The predicted octanol–water partition coefficient (Wildman–Crippen LogP) is 6.72. The molecule has 0 radical (unpaired) electrons. The fraction of sp³-hybridized carbons (Fsp3) is 0.333. The van der Waals surface area contributed by atoms with Gasteiger partial charge in [0.15, 0.2) is 11.6 Å². The van der Waals surface area contributed by atoms with Gasteiger partial charge in [0.1, 0.15) is 35.4 Å². The summed E-state index contributed by atoms with van der Waals surface area (Å²) in [5.74, 6) is -0.297. The van der Waals surface area contributed by atoms with Crippen molar-refractivity contribution >= 4 is 50.7 Å². The van der Waals surface area contributed by atoms with Crippen molar-refractivity contribution in [3.63, 3.8) is 0 Å². The maximum absolute atomic E-state index is 12.4. The van der Waals surface area contributed by atoms with Gasteiger partial charge in [-0.1, -0.05) is 140 Å². The molecule has 2 aliphatic rings. The van der Waals surface area contributed by atoms with Crippen LogP contribution in [-0.4, -0.2) is 45.5 Å². The van der Waals surface area contributed by atoms with Crippen LogP contribution in [0, 0.1) is 10.8 Å². The van der Waals surface area contributed by atoms with Crippen molar-refractivity contribution < 1.29 is 36.8 Å². The van der Waals surface area contributed by atoms with E-state index in [2.05, 4.69) is 166 Å². The number of aliphatic hydroxyl groups excluding tert-OH is 2. The van der Waals surface area contributed by atoms with Crippen molar-refractivity contribution in [3.8, 4) is 0 Å². The van der Waals surface area contributed by atoms with Crippen LogP contribution in [0.4, 0.5) is 0 Å². The Morgan fingerprint density at radius 2 is 0.982 bits per heavy atom. The van der Waals surface area contributed by atoms with E-state index in [0.29, 0.717) is 24.0 Å². The normalized spacial score (nSPS) is 20.4.